The van der Waals surface area contributed by atoms with Crippen LogP contribution in [-0.2, 0) is 4.79 Å². The van der Waals surface area contributed by atoms with Crippen molar-refractivity contribution in [3.8, 4) is 0 Å². The lowest BCUT2D eigenvalue weighted by atomic mass is 10.1. The molecule has 30 heavy (non-hydrogen) atoms. The van der Waals surface area contributed by atoms with Crippen molar-refractivity contribution in [3.63, 3.8) is 0 Å². The van der Waals surface area contributed by atoms with Crippen LogP contribution < -0.4 is 10.6 Å². The Kier molecular flexibility index (Phi) is 5.39. The average Bonchev–Trinajstić information content (AvgIpc) is 3.27. The Hall–Kier alpha value is -4.19. The molecule has 0 atom stereocenters. The minimum absolute atomic E-state index is 0.0588. The molecule has 2 amide bonds. The highest BCUT2D eigenvalue weighted by Crippen LogP contribution is 2.21. The van der Waals surface area contributed by atoms with Gasteiger partial charge in [-0.15, -0.1) is 0 Å². The van der Waals surface area contributed by atoms with Crippen LogP contribution in [0.15, 0.2) is 89.3 Å². The number of nitrogens with zero attached hydrogens (tertiary/aromatic N) is 1. The SMILES string of the molecule is Cc1ccc(C(=O)NC(=Cc2ccco2)C(=O)Nc2cccc3cccnc23)cc1. The first-order valence-electron chi connectivity index (χ1n) is 9.38. The second-order valence-corrected chi connectivity index (χ2v) is 6.73. The lowest BCUT2D eigenvalue weighted by Crippen LogP contribution is -2.30. The van der Waals surface area contributed by atoms with Gasteiger partial charge in [0.1, 0.15) is 11.5 Å². The first kappa shape index (κ1) is 19.1. The zero-order valence-electron chi connectivity index (χ0n) is 16.3. The number of furan rings is 1. The number of hydrogen-bond acceptors (Lipinski definition) is 4. The molecule has 4 rings (SSSR count). The molecule has 0 aliphatic heterocycles. The minimum Gasteiger partial charge on any atom is -0.465 e. The minimum atomic E-state index is -0.481. The van der Waals surface area contributed by atoms with Crippen LogP contribution in [0, 0.1) is 6.92 Å². The predicted molar refractivity (Wildman–Crippen MR) is 116 cm³/mol. The molecule has 0 saturated carbocycles. The molecule has 4 aromatic rings. The molecule has 2 N–H and O–H groups in total. The topological polar surface area (TPSA) is 84.2 Å². The van der Waals surface area contributed by atoms with E-state index in [-0.39, 0.29) is 11.6 Å². The average molecular weight is 397 g/mol. The highest BCUT2D eigenvalue weighted by atomic mass is 16.3. The summed E-state index contributed by atoms with van der Waals surface area (Å²) in [5.74, 6) is -0.426. The summed E-state index contributed by atoms with van der Waals surface area (Å²) < 4.78 is 5.32. The summed E-state index contributed by atoms with van der Waals surface area (Å²) in [6.07, 6.45) is 4.65. The maximum absolute atomic E-state index is 13.0. The van der Waals surface area contributed by atoms with Gasteiger partial charge in [0, 0.05) is 23.2 Å². The summed E-state index contributed by atoms with van der Waals surface area (Å²) in [7, 11) is 0. The van der Waals surface area contributed by atoms with Gasteiger partial charge < -0.3 is 15.1 Å². The third-order valence-electron chi connectivity index (χ3n) is 4.52. The molecule has 6 heteroatoms. The van der Waals surface area contributed by atoms with Crippen LogP contribution in [0.1, 0.15) is 21.7 Å². The Bertz CT molecular complexity index is 1220. The van der Waals surface area contributed by atoms with E-state index in [9.17, 15) is 9.59 Å². The molecule has 2 aromatic carbocycles. The Morgan fingerprint density at radius 3 is 2.53 bits per heavy atom. The highest BCUT2D eigenvalue weighted by molar-refractivity contribution is 6.12. The van der Waals surface area contributed by atoms with Gasteiger partial charge in [0.25, 0.3) is 11.8 Å². The number of rotatable bonds is 5. The van der Waals surface area contributed by atoms with E-state index >= 15 is 0 Å². The number of para-hydroxylation sites is 1. The Labute approximate surface area is 173 Å². The van der Waals surface area contributed by atoms with E-state index in [1.165, 1.54) is 12.3 Å². The van der Waals surface area contributed by atoms with Crippen LogP contribution in [0.25, 0.3) is 17.0 Å². The molecule has 148 valence electrons. The van der Waals surface area contributed by atoms with Crippen LogP contribution in [0.2, 0.25) is 0 Å². The number of fused-ring (bicyclic) bond motifs is 1. The van der Waals surface area contributed by atoms with Crippen molar-refractivity contribution in [1.29, 1.82) is 0 Å². The second-order valence-electron chi connectivity index (χ2n) is 6.73. The molecule has 0 unspecified atom stereocenters. The van der Waals surface area contributed by atoms with Crippen LogP contribution >= 0.6 is 0 Å². The van der Waals surface area contributed by atoms with Gasteiger partial charge in [-0.25, -0.2) is 0 Å². The van der Waals surface area contributed by atoms with Crippen LogP contribution in [0.3, 0.4) is 0 Å². The second kappa shape index (κ2) is 8.45. The van der Waals surface area contributed by atoms with Gasteiger partial charge in [-0.2, -0.15) is 0 Å². The number of carbonyl (C=O) groups excluding carboxylic acids is 2. The van der Waals surface area contributed by atoms with E-state index < -0.39 is 5.91 Å². The van der Waals surface area contributed by atoms with Gasteiger partial charge in [-0.1, -0.05) is 35.9 Å². The molecular weight excluding hydrogens is 378 g/mol. The number of anilines is 1. The highest BCUT2D eigenvalue weighted by Gasteiger charge is 2.16. The van der Waals surface area contributed by atoms with Gasteiger partial charge in [0.05, 0.1) is 17.5 Å². The van der Waals surface area contributed by atoms with E-state index in [2.05, 4.69) is 15.6 Å². The molecule has 0 aliphatic carbocycles. The van der Waals surface area contributed by atoms with Crippen LogP contribution in [0.5, 0.6) is 0 Å². The standard InChI is InChI=1S/C24H19N3O3/c1-16-9-11-18(12-10-16)23(28)27-21(15-19-7-4-14-30-19)24(29)26-20-8-2-5-17-6-3-13-25-22(17)20/h2-15H,1H3,(H,26,29)(H,27,28). The fourth-order valence-electron chi connectivity index (χ4n) is 2.97. The summed E-state index contributed by atoms with van der Waals surface area (Å²) >= 11 is 0. The van der Waals surface area contributed by atoms with Crippen molar-refractivity contribution in [3.05, 3.63) is 102 Å². The van der Waals surface area contributed by atoms with Crippen molar-refractivity contribution in [2.24, 2.45) is 0 Å². The molecule has 0 fully saturated rings. The Morgan fingerprint density at radius 1 is 0.967 bits per heavy atom. The fraction of sp³-hybridized carbons (Fsp3) is 0.0417. The molecule has 0 spiro atoms. The molecule has 0 aliphatic rings. The monoisotopic (exact) mass is 397 g/mol. The number of amides is 2. The van der Waals surface area contributed by atoms with Crippen LogP contribution in [-0.4, -0.2) is 16.8 Å². The van der Waals surface area contributed by atoms with E-state index in [0.717, 1.165) is 10.9 Å². The summed E-state index contributed by atoms with van der Waals surface area (Å²) in [6.45, 7) is 1.94. The van der Waals surface area contributed by atoms with Crippen molar-refractivity contribution in [2.45, 2.75) is 6.92 Å². The maximum atomic E-state index is 13.0. The van der Waals surface area contributed by atoms with Gasteiger partial charge in [0.2, 0.25) is 0 Å². The van der Waals surface area contributed by atoms with E-state index in [0.29, 0.717) is 22.5 Å². The third kappa shape index (κ3) is 4.28. The quantitative estimate of drug-likeness (QED) is 0.484. The van der Waals surface area contributed by atoms with Gasteiger partial charge in [0.15, 0.2) is 0 Å². The zero-order chi connectivity index (χ0) is 20.9. The smallest absolute Gasteiger partial charge is 0.272 e. The Morgan fingerprint density at radius 2 is 1.77 bits per heavy atom. The third-order valence-corrected chi connectivity index (χ3v) is 4.52. The number of pyridine rings is 1. The number of nitrogens with one attached hydrogen (secondary N) is 2. The van der Waals surface area contributed by atoms with Crippen LogP contribution in [0.4, 0.5) is 5.69 Å². The molecule has 0 saturated heterocycles. The summed E-state index contributed by atoms with van der Waals surface area (Å²) in [5, 5.41) is 6.42. The molecule has 6 nitrogen and oxygen atoms in total. The molecule has 2 aromatic heterocycles. The number of hydrogen-bond donors (Lipinski definition) is 2. The normalized spacial score (nSPS) is 11.3. The molecule has 2 heterocycles. The summed E-state index contributed by atoms with van der Waals surface area (Å²) in [4.78, 5) is 30.1. The van der Waals surface area contributed by atoms with Gasteiger partial charge in [-0.05, 0) is 43.3 Å². The summed E-state index contributed by atoms with van der Waals surface area (Å²) in [5.41, 5.74) is 2.76. The van der Waals surface area contributed by atoms with Gasteiger partial charge in [-0.3, -0.25) is 14.6 Å². The number of aromatic nitrogens is 1. The lowest BCUT2D eigenvalue weighted by Gasteiger charge is -2.12. The van der Waals surface area contributed by atoms with Crippen molar-refractivity contribution in [2.75, 3.05) is 5.32 Å². The zero-order valence-corrected chi connectivity index (χ0v) is 16.3. The number of benzene rings is 2. The molecule has 0 radical (unpaired) electrons. The lowest BCUT2D eigenvalue weighted by molar-refractivity contribution is -0.113. The number of carbonyl (C=O) groups is 2. The first-order valence-corrected chi connectivity index (χ1v) is 9.38. The first-order chi connectivity index (χ1) is 14.6. The van der Waals surface area contributed by atoms with Crippen molar-refractivity contribution in [1.82, 2.24) is 10.3 Å². The largest absolute Gasteiger partial charge is 0.465 e. The fourth-order valence-corrected chi connectivity index (χ4v) is 2.97. The van der Waals surface area contributed by atoms with E-state index in [1.807, 2.05) is 43.3 Å². The van der Waals surface area contributed by atoms with E-state index in [1.54, 1.807) is 36.5 Å². The molecule has 0 bridgehead atoms. The van der Waals surface area contributed by atoms with Gasteiger partial charge >= 0.3 is 0 Å². The summed E-state index contributed by atoms with van der Waals surface area (Å²) in [6, 6.07) is 19.8. The predicted octanol–water partition coefficient (Wildman–Crippen LogP) is 4.55. The Balaban J connectivity index is 1.63. The molecular formula is C24H19N3O3. The van der Waals surface area contributed by atoms with Crippen molar-refractivity contribution >= 4 is 34.5 Å². The van der Waals surface area contributed by atoms with E-state index in [4.69, 9.17) is 4.42 Å². The maximum Gasteiger partial charge on any atom is 0.272 e. The van der Waals surface area contributed by atoms with Crippen molar-refractivity contribution < 1.29 is 14.0 Å². The number of aryl methyl sites for hydroxylation is 1.